The molecule has 1 aromatic heterocycles. The van der Waals surface area contributed by atoms with Gasteiger partial charge in [-0.3, -0.25) is 0 Å². The van der Waals surface area contributed by atoms with E-state index in [-0.39, 0.29) is 0 Å². The molecule has 0 aliphatic carbocycles. The highest BCUT2D eigenvalue weighted by molar-refractivity contribution is 6.35. The van der Waals surface area contributed by atoms with Gasteiger partial charge < -0.3 is 19.4 Å². The lowest BCUT2D eigenvalue weighted by molar-refractivity contribution is 0.122. The molecule has 3 aromatic rings. The lowest BCUT2D eigenvalue weighted by Crippen LogP contribution is -2.36. The summed E-state index contributed by atoms with van der Waals surface area (Å²) in [6.45, 7) is 3.70. The Hall–Kier alpha value is -1.85. The number of hydrogen-bond acceptors (Lipinski definition) is 4. The van der Waals surface area contributed by atoms with E-state index in [9.17, 15) is 0 Å². The van der Waals surface area contributed by atoms with E-state index in [1.807, 2.05) is 30.3 Å². The minimum Gasteiger partial charge on any atom is -0.459 e. The molecule has 0 saturated carbocycles. The predicted octanol–water partition coefficient (Wildman–Crippen LogP) is 6.36. The zero-order valence-corrected chi connectivity index (χ0v) is 17.3. The van der Waals surface area contributed by atoms with Crippen molar-refractivity contribution in [2.45, 2.75) is 6.54 Å². The van der Waals surface area contributed by atoms with Gasteiger partial charge in [0.2, 0.25) is 0 Å². The van der Waals surface area contributed by atoms with E-state index in [1.165, 1.54) is 0 Å². The number of hydrogen-bond donors (Lipinski definition) is 1. The maximum atomic E-state index is 6.49. The third-order valence-corrected chi connectivity index (χ3v) is 5.49. The second kappa shape index (κ2) is 8.66. The van der Waals surface area contributed by atoms with Crippen molar-refractivity contribution in [1.82, 2.24) is 0 Å². The van der Waals surface area contributed by atoms with E-state index in [4.69, 9.17) is 44.0 Å². The van der Waals surface area contributed by atoms with Crippen molar-refractivity contribution in [1.29, 1.82) is 0 Å². The average Bonchev–Trinajstić information content (AvgIpc) is 3.18. The number of nitrogens with zero attached hydrogens (tertiary/aromatic N) is 1. The summed E-state index contributed by atoms with van der Waals surface area (Å²) in [5.41, 5.74) is 2.74. The van der Waals surface area contributed by atoms with Gasteiger partial charge in [0.1, 0.15) is 11.5 Å². The highest BCUT2D eigenvalue weighted by Gasteiger charge is 2.14. The van der Waals surface area contributed by atoms with Crippen molar-refractivity contribution in [3.05, 3.63) is 69.4 Å². The normalized spacial score (nSPS) is 14.3. The summed E-state index contributed by atoms with van der Waals surface area (Å²) < 4.78 is 11.3. The fourth-order valence-corrected chi connectivity index (χ4v) is 3.85. The number of ether oxygens (including phenoxy) is 1. The number of nitrogens with one attached hydrogen (secondary N) is 1. The van der Waals surface area contributed by atoms with Gasteiger partial charge in [0, 0.05) is 29.4 Å². The van der Waals surface area contributed by atoms with Gasteiger partial charge in [0.05, 0.1) is 35.5 Å². The Balaban J connectivity index is 1.43. The SMILES string of the molecule is Clc1ccc(Cl)c(-c2ccc(CNc3ccc(N4CCOCC4)c(Cl)c3)o2)c1. The standard InChI is InChI=1S/C21H19Cl3N2O2/c22-14-1-4-18(23)17(11-14)21-6-3-16(28-21)13-25-15-2-5-20(19(24)12-15)26-7-9-27-10-8-26/h1-6,11-12,25H,7-10,13H2. The van der Waals surface area contributed by atoms with Crippen LogP contribution < -0.4 is 10.2 Å². The van der Waals surface area contributed by atoms with E-state index in [0.29, 0.717) is 22.4 Å². The summed E-state index contributed by atoms with van der Waals surface area (Å²) in [7, 11) is 0. The van der Waals surface area contributed by atoms with Crippen LogP contribution in [0, 0.1) is 0 Å². The Morgan fingerprint density at radius 3 is 2.50 bits per heavy atom. The second-order valence-corrected chi connectivity index (χ2v) is 7.76. The lowest BCUT2D eigenvalue weighted by Gasteiger charge is -2.29. The molecule has 4 rings (SSSR count). The predicted molar refractivity (Wildman–Crippen MR) is 116 cm³/mol. The van der Waals surface area contributed by atoms with Crippen LogP contribution in [0.5, 0.6) is 0 Å². The lowest BCUT2D eigenvalue weighted by atomic mass is 10.2. The molecule has 1 saturated heterocycles. The number of halogens is 3. The zero-order chi connectivity index (χ0) is 19.5. The van der Waals surface area contributed by atoms with Crippen molar-refractivity contribution in [2.75, 3.05) is 36.5 Å². The van der Waals surface area contributed by atoms with Gasteiger partial charge in [-0.05, 0) is 48.5 Å². The maximum absolute atomic E-state index is 6.49. The van der Waals surface area contributed by atoms with E-state index in [0.717, 1.165) is 54.0 Å². The molecular formula is C21H19Cl3N2O2. The van der Waals surface area contributed by atoms with Gasteiger partial charge in [-0.15, -0.1) is 0 Å². The van der Waals surface area contributed by atoms with E-state index >= 15 is 0 Å². The summed E-state index contributed by atoms with van der Waals surface area (Å²) in [5.74, 6) is 1.48. The smallest absolute Gasteiger partial charge is 0.135 e. The Labute approximate surface area is 178 Å². The molecule has 2 aromatic carbocycles. The summed E-state index contributed by atoms with van der Waals surface area (Å²) in [6, 6.07) is 15.1. The fraction of sp³-hybridized carbons (Fsp3) is 0.238. The third kappa shape index (κ3) is 4.41. The van der Waals surface area contributed by atoms with Crippen LogP contribution in [0.2, 0.25) is 15.1 Å². The van der Waals surface area contributed by atoms with Crippen molar-refractivity contribution >= 4 is 46.2 Å². The van der Waals surface area contributed by atoms with Crippen molar-refractivity contribution in [3.63, 3.8) is 0 Å². The number of anilines is 2. The number of furan rings is 1. The summed E-state index contributed by atoms with van der Waals surface area (Å²) in [4.78, 5) is 2.24. The number of benzene rings is 2. The van der Waals surface area contributed by atoms with Gasteiger partial charge in [-0.25, -0.2) is 0 Å². The van der Waals surface area contributed by atoms with E-state index in [2.05, 4.69) is 10.2 Å². The zero-order valence-electron chi connectivity index (χ0n) is 15.1. The average molecular weight is 438 g/mol. The molecule has 1 aliphatic rings. The number of morpholine rings is 1. The second-order valence-electron chi connectivity index (χ2n) is 6.51. The fourth-order valence-electron chi connectivity index (χ4n) is 3.17. The molecule has 0 radical (unpaired) electrons. The molecule has 1 N–H and O–H groups in total. The minimum atomic E-state index is 0.533. The summed E-state index contributed by atoms with van der Waals surface area (Å²) >= 11 is 18.8. The molecule has 1 fully saturated rings. The van der Waals surface area contributed by atoms with Crippen molar-refractivity contribution in [2.24, 2.45) is 0 Å². The molecule has 146 valence electrons. The first-order valence-electron chi connectivity index (χ1n) is 9.00. The molecule has 4 nitrogen and oxygen atoms in total. The summed E-state index contributed by atoms with van der Waals surface area (Å²) in [5, 5.41) is 5.28. The van der Waals surface area contributed by atoms with Crippen molar-refractivity contribution in [3.8, 4) is 11.3 Å². The van der Waals surface area contributed by atoms with Crippen LogP contribution in [0.1, 0.15) is 5.76 Å². The first-order chi connectivity index (χ1) is 13.6. The molecule has 1 aliphatic heterocycles. The minimum absolute atomic E-state index is 0.533. The molecule has 0 unspecified atom stereocenters. The topological polar surface area (TPSA) is 37.6 Å². The molecular weight excluding hydrogens is 419 g/mol. The van der Waals surface area contributed by atoms with Gasteiger partial charge >= 0.3 is 0 Å². The largest absolute Gasteiger partial charge is 0.459 e. The van der Waals surface area contributed by atoms with Crippen LogP contribution in [-0.4, -0.2) is 26.3 Å². The highest BCUT2D eigenvalue weighted by Crippen LogP contribution is 2.33. The molecule has 0 spiro atoms. The highest BCUT2D eigenvalue weighted by atomic mass is 35.5. The maximum Gasteiger partial charge on any atom is 0.135 e. The molecule has 2 heterocycles. The van der Waals surface area contributed by atoms with Crippen molar-refractivity contribution < 1.29 is 9.15 Å². The molecule has 0 atom stereocenters. The van der Waals surface area contributed by atoms with E-state index in [1.54, 1.807) is 18.2 Å². The summed E-state index contributed by atoms with van der Waals surface area (Å²) in [6.07, 6.45) is 0. The van der Waals surface area contributed by atoms with Crippen LogP contribution in [0.4, 0.5) is 11.4 Å². The van der Waals surface area contributed by atoms with Gasteiger partial charge in [0.15, 0.2) is 0 Å². The van der Waals surface area contributed by atoms with Crippen LogP contribution in [0.15, 0.2) is 52.9 Å². The first kappa shape index (κ1) is 19.5. The van der Waals surface area contributed by atoms with Crippen LogP contribution in [-0.2, 0) is 11.3 Å². The Kier molecular flexibility index (Phi) is 6.02. The molecule has 0 bridgehead atoms. The molecule has 28 heavy (non-hydrogen) atoms. The first-order valence-corrected chi connectivity index (χ1v) is 10.1. The monoisotopic (exact) mass is 436 g/mol. The molecule has 0 amide bonds. The van der Waals surface area contributed by atoms with E-state index < -0.39 is 0 Å². The van der Waals surface area contributed by atoms with Crippen LogP contribution in [0.25, 0.3) is 11.3 Å². The van der Waals surface area contributed by atoms with Gasteiger partial charge in [0.25, 0.3) is 0 Å². The van der Waals surface area contributed by atoms with Gasteiger partial charge in [-0.1, -0.05) is 34.8 Å². The van der Waals surface area contributed by atoms with Crippen LogP contribution in [0.3, 0.4) is 0 Å². The van der Waals surface area contributed by atoms with Gasteiger partial charge in [-0.2, -0.15) is 0 Å². The Bertz CT molecular complexity index is 968. The quantitative estimate of drug-likeness (QED) is 0.504. The third-order valence-electron chi connectivity index (χ3n) is 4.62. The molecule has 7 heteroatoms. The Morgan fingerprint density at radius 1 is 0.893 bits per heavy atom. The Morgan fingerprint density at radius 2 is 1.71 bits per heavy atom. The number of rotatable bonds is 5. The van der Waals surface area contributed by atoms with Crippen LogP contribution >= 0.6 is 34.8 Å².